The highest BCUT2D eigenvalue weighted by Gasteiger charge is 2.43. The smallest absolute Gasteiger partial charge is 0.282 e. The highest BCUT2D eigenvalue weighted by Crippen LogP contribution is 2.36. The fourth-order valence-corrected chi connectivity index (χ4v) is 4.00. The molecular formula is C24H28N4O3. The van der Waals surface area contributed by atoms with Crippen molar-refractivity contribution in [3.63, 3.8) is 0 Å². The summed E-state index contributed by atoms with van der Waals surface area (Å²) in [5.74, 6) is 0.147. The van der Waals surface area contributed by atoms with Gasteiger partial charge < -0.3 is 19.4 Å². The lowest BCUT2D eigenvalue weighted by atomic mass is 10.0. The summed E-state index contributed by atoms with van der Waals surface area (Å²) in [7, 11) is 7.54. The maximum absolute atomic E-state index is 13.6. The van der Waals surface area contributed by atoms with E-state index in [0.29, 0.717) is 35.8 Å². The molecule has 0 radical (unpaired) electrons. The molecule has 0 aliphatic carbocycles. The molecule has 2 aliphatic heterocycles. The molecule has 2 aromatic carbocycles. The number of imide groups is 1. The molecule has 1 saturated heterocycles. The summed E-state index contributed by atoms with van der Waals surface area (Å²) < 4.78 is 5.26. The molecule has 7 nitrogen and oxygen atoms in total. The monoisotopic (exact) mass is 420 g/mol. The molecule has 0 aromatic heterocycles. The molecule has 2 amide bonds. The van der Waals surface area contributed by atoms with Crippen LogP contribution in [0.3, 0.4) is 0 Å². The first-order valence-electron chi connectivity index (χ1n) is 10.4. The predicted molar refractivity (Wildman–Crippen MR) is 122 cm³/mol. The largest absolute Gasteiger partial charge is 0.497 e. The number of ether oxygens (including phenoxy) is 1. The van der Waals surface area contributed by atoms with E-state index in [1.807, 2.05) is 61.5 Å². The van der Waals surface area contributed by atoms with Crippen molar-refractivity contribution in [2.75, 3.05) is 64.2 Å². The van der Waals surface area contributed by atoms with Gasteiger partial charge >= 0.3 is 0 Å². The Kier molecular flexibility index (Phi) is 5.69. The zero-order chi connectivity index (χ0) is 22.1. The van der Waals surface area contributed by atoms with Gasteiger partial charge in [0, 0.05) is 46.0 Å². The molecule has 0 unspecified atom stereocenters. The summed E-state index contributed by atoms with van der Waals surface area (Å²) >= 11 is 0. The second-order valence-corrected chi connectivity index (χ2v) is 8.10. The van der Waals surface area contributed by atoms with Crippen molar-refractivity contribution in [2.24, 2.45) is 0 Å². The van der Waals surface area contributed by atoms with Crippen LogP contribution in [0.4, 0.5) is 11.4 Å². The van der Waals surface area contributed by atoms with E-state index in [0.717, 1.165) is 24.3 Å². The molecule has 2 aliphatic rings. The summed E-state index contributed by atoms with van der Waals surface area (Å²) in [5, 5.41) is 0. The van der Waals surface area contributed by atoms with E-state index in [1.54, 1.807) is 13.2 Å². The zero-order valence-corrected chi connectivity index (χ0v) is 18.5. The first-order valence-corrected chi connectivity index (χ1v) is 10.4. The Balaban J connectivity index is 1.79. The fourth-order valence-electron chi connectivity index (χ4n) is 4.00. The van der Waals surface area contributed by atoms with Crippen LogP contribution in [-0.4, -0.2) is 76.0 Å². The van der Waals surface area contributed by atoms with Crippen LogP contribution in [0, 0.1) is 0 Å². The van der Waals surface area contributed by atoms with Gasteiger partial charge in [-0.1, -0.05) is 18.2 Å². The maximum Gasteiger partial charge on any atom is 0.282 e. The number of rotatable bonds is 5. The predicted octanol–water partition coefficient (Wildman–Crippen LogP) is 2.29. The lowest BCUT2D eigenvalue weighted by Crippen LogP contribution is -2.46. The molecule has 0 saturated carbocycles. The van der Waals surface area contributed by atoms with E-state index in [2.05, 4.69) is 16.8 Å². The van der Waals surface area contributed by atoms with Crippen LogP contribution in [0.1, 0.15) is 5.56 Å². The lowest BCUT2D eigenvalue weighted by Gasteiger charge is -2.34. The molecule has 0 atom stereocenters. The van der Waals surface area contributed by atoms with Crippen molar-refractivity contribution in [3.8, 4) is 5.75 Å². The summed E-state index contributed by atoms with van der Waals surface area (Å²) in [6, 6.07) is 14.8. The molecule has 7 heteroatoms. The average Bonchev–Trinajstić information content (AvgIpc) is 3.04. The maximum atomic E-state index is 13.6. The van der Waals surface area contributed by atoms with Gasteiger partial charge in [-0.2, -0.15) is 0 Å². The highest BCUT2D eigenvalue weighted by molar-refractivity contribution is 6.45. The van der Waals surface area contributed by atoms with Gasteiger partial charge in [0.1, 0.15) is 11.4 Å². The number of benzene rings is 2. The van der Waals surface area contributed by atoms with Gasteiger partial charge in [0.15, 0.2) is 0 Å². The van der Waals surface area contributed by atoms with E-state index in [4.69, 9.17) is 4.74 Å². The minimum Gasteiger partial charge on any atom is -0.497 e. The van der Waals surface area contributed by atoms with Gasteiger partial charge in [-0.05, 0) is 42.9 Å². The molecule has 4 rings (SSSR count). The standard InChI is InChI=1S/C24H28N4O3/c1-25(2)18-6-5-7-19(16-18)28-23(29)21(17-8-10-20(31-4)11-9-17)22(24(28)30)27-14-12-26(3)13-15-27/h5-11,16H,12-15H2,1-4H3. The Hall–Kier alpha value is -3.32. The Bertz CT molecular complexity index is 1020. The summed E-state index contributed by atoms with van der Waals surface area (Å²) in [5.41, 5.74) is 3.17. The fraction of sp³-hybridized carbons (Fsp3) is 0.333. The van der Waals surface area contributed by atoms with Crippen LogP contribution >= 0.6 is 0 Å². The number of piperazine rings is 1. The highest BCUT2D eigenvalue weighted by atomic mass is 16.5. The number of carbonyl (C=O) groups excluding carboxylic acids is 2. The summed E-state index contributed by atoms with van der Waals surface area (Å²) in [6.07, 6.45) is 0. The number of carbonyl (C=O) groups is 2. The van der Waals surface area contributed by atoms with Crippen molar-refractivity contribution >= 4 is 28.8 Å². The first kappa shape index (κ1) is 20.9. The van der Waals surface area contributed by atoms with E-state index < -0.39 is 0 Å². The zero-order valence-electron chi connectivity index (χ0n) is 18.5. The molecule has 2 heterocycles. The Morgan fingerprint density at radius 3 is 2.19 bits per heavy atom. The summed E-state index contributed by atoms with van der Waals surface area (Å²) in [4.78, 5) is 34.8. The Morgan fingerprint density at radius 1 is 0.903 bits per heavy atom. The topological polar surface area (TPSA) is 56.3 Å². The molecule has 0 spiro atoms. The van der Waals surface area contributed by atoms with Gasteiger partial charge in [0.05, 0.1) is 18.4 Å². The number of hydrogen-bond donors (Lipinski definition) is 0. The van der Waals surface area contributed by atoms with Crippen LogP contribution in [0.25, 0.3) is 5.57 Å². The van der Waals surface area contributed by atoms with Crippen molar-refractivity contribution < 1.29 is 14.3 Å². The van der Waals surface area contributed by atoms with Crippen LogP contribution in [0.5, 0.6) is 5.75 Å². The normalized spacial score (nSPS) is 17.5. The van der Waals surface area contributed by atoms with Crippen molar-refractivity contribution in [1.29, 1.82) is 0 Å². The van der Waals surface area contributed by atoms with Crippen molar-refractivity contribution in [1.82, 2.24) is 9.80 Å². The minimum atomic E-state index is -0.292. The van der Waals surface area contributed by atoms with Crippen LogP contribution < -0.4 is 14.5 Å². The quantitative estimate of drug-likeness (QED) is 0.692. The van der Waals surface area contributed by atoms with E-state index in [9.17, 15) is 9.59 Å². The van der Waals surface area contributed by atoms with Crippen LogP contribution in [0.15, 0.2) is 54.2 Å². The SMILES string of the molecule is COc1ccc(C2=C(N3CCN(C)CC3)C(=O)N(c3cccc(N(C)C)c3)C2=O)cc1. The molecule has 2 aromatic rings. The first-order chi connectivity index (χ1) is 14.9. The average molecular weight is 421 g/mol. The third-order valence-electron chi connectivity index (χ3n) is 5.86. The van der Waals surface area contributed by atoms with Gasteiger partial charge in [-0.15, -0.1) is 0 Å². The third kappa shape index (κ3) is 3.88. The van der Waals surface area contributed by atoms with E-state index >= 15 is 0 Å². The molecule has 0 bridgehead atoms. The number of amides is 2. The van der Waals surface area contributed by atoms with E-state index in [1.165, 1.54) is 4.90 Å². The number of anilines is 2. The van der Waals surface area contributed by atoms with Gasteiger partial charge in [0.25, 0.3) is 11.8 Å². The number of hydrogen-bond acceptors (Lipinski definition) is 6. The second-order valence-electron chi connectivity index (χ2n) is 8.10. The Morgan fingerprint density at radius 2 is 1.58 bits per heavy atom. The van der Waals surface area contributed by atoms with Crippen molar-refractivity contribution in [3.05, 3.63) is 59.8 Å². The molecule has 0 N–H and O–H groups in total. The Labute approximate surface area is 183 Å². The number of likely N-dealkylation sites (N-methyl/N-ethyl adjacent to an activating group) is 1. The third-order valence-corrected chi connectivity index (χ3v) is 5.86. The number of methoxy groups -OCH3 is 1. The molecular weight excluding hydrogens is 392 g/mol. The van der Waals surface area contributed by atoms with E-state index in [-0.39, 0.29) is 11.8 Å². The van der Waals surface area contributed by atoms with Crippen molar-refractivity contribution in [2.45, 2.75) is 0 Å². The lowest BCUT2D eigenvalue weighted by molar-refractivity contribution is -0.120. The minimum absolute atomic E-state index is 0.267. The van der Waals surface area contributed by atoms with Crippen LogP contribution in [-0.2, 0) is 9.59 Å². The van der Waals surface area contributed by atoms with Gasteiger partial charge in [-0.25, -0.2) is 4.90 Å². The van der Waals surface area contributed by atoms with Crippen LogP contribution in [0.2, 0.25) is 0 Å². The van der Waals surface area contributed by atoms with Gasteiger partial charge in [-0.3, -0.25) is 9.59 Å². The second kappa shape index (κ2) is 8.43. The molecule has 31 heavy (non-hydrogen) atoms. The number of nitrogens with zero attached hydrogens (tertiary/aromatic N) is 4. The molecule has 1 fully saturated rings. The summed E-state index contributed by atoms with van der Waals surface area (Å²) in [6.45, 7) is 3.10. The van der Waals surface area contributed by atoms with Gasteiger partial charge in [0.2, 0.25) is 0 Å². The molecule has 162 valence electrons.